The second-order valence-corrected chi connectivity index (χ2v) is 5.63. The van der Waals surface area contributed by atoms with Crippen LogP contribution in [0.25, 0.3) is 0 Å². The molecule has 0 heterocycles. The fourth-order valence-electron chi connectivity index (χ4n) is 1.35. The van der Waals surface area contributed by atoms with Crippen LogP contribution in [-0.4, -0.2) is 71.3 Å². The average Bonchev–Trinajstić information content (AvgIpc) is 2.62. The molecule has 0 aromatic rings. The van der Waals surface area contributed by atoms with E-state index in [2.05, 4.69) is 14.2 Å². The maximum Gasteiger partial charge on any atom is 1.00 e. The van der Waals surface area contributed by atoms with Gasteiger partial charge in [-0.25, -0.2) is 9.59 Å². The summed E-state index contributed by atoms with van der Waals surface area (Å²) in [6.45, 7) is 12.7. The SMILES string of the molecule is C.C/C=C/C(=O)O.C/C=C/C(=O)OCC.CCOC(=O)CC(C)=O.CCOC(=O)CC(C)O.[Na+].[OH-]. The number of carboxylic acids is 1. The molecule has 0 aromatic heterocycles. The number of aliphatic hydroxyl groups excluding tert-OH is 1. The number of ketones is 1. The standard InChI is InChI=1S/C6H12O3.C6H10O3.C6H10O2.C4H6O2.CH4.Na.H2O/c2*1-3-9-6(8)4-5(2)7;1-3-5-6(7)8-4-2;1-2-3-4(5)6;;;/h5,7H,3-4H2,1-2H3;3-4H2,1-2H3;3,5H,4H2,1-2H3;2-3H,1H3,(H,5,6);1H4;;1H2/q;;;;;+1;/p-1/b;;5-3+;3-2+;;;. The van der Waals surface area contributed by atoms with E-state index >= 15 is 0 Å². The van der Waals surface area contributed by atoms with Gasteiger partial charge in [-0.3, -0.25) is 14.4 Å². The van der Waals surface area contributed by atoms with Crippen LogP contribution >= 0.6 is 0 Å². The number of allylic oxidation sites excluding steroid dienone is 2. The Bertz CT molecular complexity index is 586. The van der Waals surface area contributed by atoms with Crippen LogP contribution in [0.1, 0.15) is 68.7 Å². The van der Waals surface area contributed by atoms with E-state index in [4.69, 9.17) is 10.2 Å². The molecule has 1 unspecified atom stereocenters. The third-order valence-electron chi connectivity index (χ3n) is 2.36. The molecule has 1 atom stereocenters. The van der Waals surface area contributed by atoms with E-state index in [0.29, 0.717) is 19.8 Å². The van der Waals surface area contributed by atoms with Crippen molar-refractivity contribution in [3.8, 4) is 0 Å². The minimum absolute atomic E-state index is 0. The molecule has 0 saturated carbocycles. The average molecular weight is 519 g/mol. The molecule has 12 heteroatoms. The van der Waals surface area contributed by atoms with Gasteiger partial charge >= 0.3 is 53.4 Å². The Morgan fingerprint density at radius 1 is 0.829 bits per heavy atom. The summed E-state index contributed by atoms with van der Waals surface area (Å²) in [4.78, 5) is 51.0. The maximum atomic E-state index is 10.5. The molecule has 0 aromatic carbocycles. The molecule has 0 fully saturated rings. The van der Waals surface area contributed by atoms with Crippen molar-refractivity contribution in [2.24, 2.45) is 0 Å². The monoisotopic (exact) mass is 518 g/mol. The maximum absolute atomic E-state index is 10.5. The molecule has 0 rings (SSSR count). The Labute approximate surface area is 231 Å². The van der Waals surface area contributed by atoms with E-state index in [9.17, 15) is 24.0 Å². The van der Waals surface area contributed by atoms with Crippen molar-refractivity contribution < 1.29 is 83.4 Å². The summed E-state index contributed by atoms with van der Waals surface area (Å²) in [5, 5.41) is 16.5. The molecule has 3 N–H and O–H groups in total. The van der Waals surface area contributed by atoms with Crippen molar-refractivity contribution in [1.82, 2.24) is 0 Å². The van der Waals surface area contributed by atoms with Crippen molar-refractivity contribution in [2.45, 2.75) is 74.8 Å². The van der Waals surface area contributed by atoms with Crippen molar-refractivity contribution >= 4 is 29.7 Å². The van der Waals surface area contributed by atoms with Crippen LogP contribution < -0.4 is 29.6 Å². The predicted octanol–water partition coefficient (Wildman–Crippen LogP) is 0.0850. The Kier molecular flexibility index (Phi) is 55.9. The smallest absolute Gasteiger partial charge is 0.870 e. The molecule has 202 valence electrons. The van der Waals surface area contributed by atoms with E-state index in [-0.39, 0.29) is 73.0 Å². The van der Waals surface area contributed by atoms with Crippen molar-refractivity contribution in [1.29, 1.82) is 0 Å². The van der Waals surface area contributed by atoms with Crippen molar-refractivity contribution in [3.05, 3.63) is 24.3 Å². The van der Waals surface area contributed by atoms with Crippen LogP contribution in [-0.2, 0) is 38.2 Å². The number of Topliss-reactive ketones (excluding diaryl/α,β-unsaturated/α-hetero) is 1. The second kappa shape index (κ2) is 39.2. The van der Waals surface area contributed by atoms with E-state index in [0.717, 1.165) is 6.08 Å². The predicted molar refractivity (Wildman–Crippen MR) is 127 cm³/mol. The first-order valence-corrected chi connectivity index (χ1v) is 10.0. The van der Waals surface area contributed by atoms with Gasteiger partial charge in [-0.05, 0) is 48.5 Å². The number of rotatable bonds is 9. The summed E-state index contributed by atoms with van der Waals surface area (Å²) >= 11 is 0. The Balaban J connectivity index is -0.0000000586. The zero-order chi connectivity index (χ0) is 25.9. The number of carbonyl (C=O) groups is 5. The van der Waals surface area contributed by atoms with Crippen LogP contribution in [0.4, 0.5) is 0 Å². The Morgan fingerprint density at radius 2 is 1.23 bits per heavy atom. The van der Waals surface area contributed by atoms with Gasteiger partial charge in [-0.1, -0.05) is 19.6 Å². The molecule has 0 aliphatic rings. The van der Waals surface area contributed by atoms with Gasteiger partial charge in [0.15, 0.2) is 0 Å². The summed E-state index contributed by atoms with van der Waals surface area (Å²) in [6.07, 6.45) is 5.00. The molecule has 0 amide bonds. The fourth-order valence-corrected chi connectivity index (χ4v) is 1.35. The van der Waals surface area contributed by atoms with Gasteiger partial charge in [-0.2, -0.15) is 0 Å². The quantitative estimate of drug-likeness (QED) is 0.139. The van der Waals surface area contributed by atoms with Gasteiger partial charge in [0.25, 0.3) is 0 Å². The summed E-state index contributed by atoms with van der Waals surface area (Å²) in [5.74, 6) is -2.10. The van der Waals surface area contributed by atoms with E-state index in [1.54, 1.807) is 47.6 Å². The molecular weight excluding hydrogens is 475 g/mol. The Morgan fingerprint density at radius 3 is 1.49 bits per heavy atom. The van der Waals surface area contributed by atoms with Gasteiger partial charge in [0, 0.05) is 12.2 Å². The summed E-state index contributed by atoms with van der Waals surface area (Å²) in [7, 11) is 0. The van der Waals surface area contributed by atoms with Crippen molar-refractivity contribution in [3.63, 3.8) is 0 Å². The minimum atomic E-state index is -0.891. The summed E-state index contributed by atoms with van der Waals surface area (Å²) in [6, 6.07) is 0. The number of hydrogen-bond acceptors (Lipinski definition) is 10. The topological polar surface area (TPSA) is 184 Å². The number of esters is 3. The summed E-state index contributed by atoms with van der Waals surface area (Å²) in [5.41, 5.74) is 0. The van der Waals surface area contributed by atoms with Gasteiger partial charge in [-0.15, -0.1) is 0 Å². The van der Waals surface area contributed by atoms with E-state index < -0.39 is 18.0 Å². The number of aliphatic hydroxyl groups is 1. The second-order valence-electron chi connectivity index (χ2n) is 5.63. The number of carboxylic acid groups (broad SMARTS) is 1. The van der Waals surface area contributed by atoms with Gasteiger partial charge in [0.05, 0.1) is 32.3 Å². The minimum Gasteiger partial charge on any atom is -0.870 e. The van der Waals surface area contributed by atoms with Crippen LogP contribution in [0.15, 0.2) is 24.3 Å². The third kappa shape index (κ3) is 65.3. The molecule has 0 saturated heterocycles. The number of hydrogen-bond donors (Lipinski definition) is 2. The first kappa shape index (κ1) is 49.9. The molecule has 0 radical (unpaired) electrons. The van der Waals surface area contributed by atoms with Crippen molar-refractivity contribution in [2.75, 3.05) is 19.8 Å². The normalized spacial score (nSPS) is 9.37. The largest absolute Gasteiger partial charge is 1.00 e. The van der Waals surface area contributed by atoms with Crippen LogP contribution in [0.2, 0.25) is 0 Å². The van der Waals surface area contributed by atoms with Gasteiger partial charge in [0.2, 0.25) is 0 Å². The molecule has 35 heavy (non-hydrogen) atoms. The van der Waals surface area contributed by atoms with Crippen LogP contribution in [0.5, 0.6) is 0 Å². The van der Waals surface area contributed by atoms with Crippen LogP contribution in [0.3, 0.4) is 0 Å². The fraction of sp³-hybridized carbons (Fsp3) is 0.609. The molecular formula is C23H43NaO11. The van der Waals surface area contributed by atoms with Gasteiger partial charge in [0.1, 0.15) is 12.2 Å². The first-order chi connectivity index (χ1) is 14.9. The Hall–Kier alpha value is -2.05. The molecule has 0 aliphatic heterocycles. The number of carbonyl (C=O) groups excluding carboxylic acids is 4. The molecule has 0 spiro atoms. The molecule has 0 aliphatic carbocycles. The summed E-state index contributed by atoms with van der Waals surface area (Å²) < 4.78 is 13.6. The number of aliphatic carboxylic acids is 1. The van der Waals surface area contributed by atoms with Crippen LogP contribution in [0, 0.1) is 0 Å². The zero-order valence-electron chi connectivity index (χ0n) is 21.5. The third-order valence-corrected chi connectivity index (χ3v) is 2.36. The first-order valence-electron chi connectivity index (χ1n) is 10.0. The molecule has 11 nitrogen and oxygen atoms in total. The van der Waals surface area contributed by atoms with E-state index in [1.165, 1.54) is 19.1 Å². The zero-order valence-corrected chi connectivity index (χ0v) is 23.5. The van der Waals surface area contributed by atoms with Gasteiger partial charge < -0.3 is 29.9 Å². The van der Waals surface area contributed by atoms with E-state index in [1.807, 2.05) is 0 Å². The molecule has 0 bridgehead atoms. The number of ether oxygens (including phenoxy) is 3.